The van der Waals surface area contributed by atoms with Crippen LogP contribution in [0.25, 0.3) is 0 Å². The maximum absolute atomic E-state index is 11.7. The van der Waals surface area contributed by atoms with Crippen LogP contribution in [0, 0.1) is 11.3 Å². The van der Waals surface area contributed by atoms with Crippen LogP contribution >= 0.6 is 11.3 Å². The van der Waals surface area contributed by atoms with Crippen molar-refractivity contribution in [2.24, 2.45) is 11.3 Å². The van der Waals surface area contributed by atoms with Crippen LogP contribution in [0.1, 0.15) is 50.5 Å². The quantitative estimate of drug-likeness (QED) is 0.911. The first-order valence-corrected chi connectivity index (χ1v) is 9.93. The van der Waals surface area contributed by atoms with E-state index in [4.69, 9.17) is 0 Å². The monoisotopic (exact) mass is 350 g/mol. The highest BCUT2D eigenvalue weighted by atomic mass is 32.1. The number of anilines is 1. The zero-order chi connectivity index (χ0) is 17.3. The molecule has 0 bridgehead atoms. The molecule has 2 aliphatic heterocycles. The molecule has 1 aromatic rings. The second-order valence-corrected chi connectivity index (χ2v) is 9.00. The van der Waals surface area contributed by atoms with Gasteiger partial charge in [-0.25, -0.2) is 4.98 Å². The number of hydrogen-bond acceptors (Lipinski definition) is 5. The van der Waals surface area contributed by atoms with Gasteiger partial charge in [-0.05, 0) is 37.1 Å². The lowest BCUT2D eigenvalue weighted by Crippen LogP contribution is -2.44. The fourth-order valence-electron chi connectivity index (χ4n) is 3.89. The Morgan fingerprint density at radius 1 is 1.25 bits per heavy atom. The molecule has 6 heteroatoms. The van der Waals surface area contributed by atoms with Crippen molar-refractivity contribution in [3.05, 3.63) is 11.1 Å². The highest BCUT2D eigenvalue weighted by Gasteiger charge is 2.36. The van der Waals surface area contributed by atoms with E-state index in [0.717, 1.165) is 24.1 Å². The van der Waals surface area contributed by atoms with Crippen LogP contribution in [0.2, 0.25) is 0 Å². The van der Waals surface area contributed by atoms with Gasteiger partial charge in [0.15, 0.2) is 5.13 Å². The van der Waals surface area contributed by atoms with Gasteiger partial charge in [-0.1, -0.05) is 20.8 Å². The third kappa shape index (κ3) is 3.75. The first kappa shape index (κ1) is 17.7. The van der Waals surface area contributed by atoms with Gasteiger partial charge in [0.25, 0.3) is 5.91 Å². The largest absolute Gasteiger partial charge is 0.354 e. The number of nitrogens with one attached hydrogen (secondary N) is 1. The van der Waals surface area contributed by atoms with Crippen LogP contribution < -0.4 is 10.2 Å². The highest BCUT2D eigenvalue weighted by Crippen LogP contribution is 2.36. The van der Waals surface area contributed by atoms with Crippen molar-refractivity contribution in [1.82, 2.24) is 15.2 Å². The number of carbonyl (C=O) groups excluding carboxylic acids is 1. The smallest absolute Gasteiger partial charge is 0.270 e. The standard InChI is InChI=1S/C18H30N4OS/c1-18(2,3)13-5-8-22(11-13)14-6-9-21(10-7-14)17-20-15(12-24-17)16(23)19-4/h12-14H,5-11H2,1-4H3,(H,19,23). The van der Waals surface area contributed by atoms with Gasteiger partial charge in [0, 0.05) is 38.1 Å². The fourth-order valence-corrected chi connectivity index (χ4v) is 4.75. The Labute approximate surface area is 149 Å². The lowest BCUT2D eigenvalue weighted by molar-refractivity contribution is 0.0959. The Morgan fingerprint density at radius 3 is 2.54 bits per heavy atom. The summed E-state index contributed by atoms with van der Waals surface area (Å²) in [6, 6.07) is 0.715. The van der Waals surface area contributed by atoms with E-state index in [-0.39, 0.29) is 5.91 Å². The maximum Gasteiger partial charge on any atom is 0.270 e. The molecule has 2 fully saturated rings. The van der Waals surface area contributed by atoms with E-state index in [1.807, 2.05) is 5.38 Å². The van der Waals surface area contributed by atoms with Crippen LogP contribution in [0.4, 0.5) is 5.13 Å². The molecule has 0 saturated carbocycles. The van der Waals surface area contributed by atoms with Gasteiger partial charge in [-0.15, -0.1) is 11.3 Å². The van der Waals surface area contributed by atoms with E-state index < -0.39 is 0 Å². The van der Waals surface area contributed by atoms with Crippen molar-refractivity contribution in [3.63, 3.8) is 0 Å². The number of rotatable bonds is 3. The molecular formula is C18H30N4OS. The summed E-state index contributed by atoms with van der Waals surface area (Å²) in [7, 11) is 1.65. The highest BCUT2D eigenvalue weighted by molar-refractivity contribution is 7.13. The topological polar surface area (TPSA) is 48.5 Å². The number of thiazole rings is 1. The van der Waals surface area contributed by atoms with Crippen LogP contribution in [0.3, 0.4) is 0 Å². The summed E-state index contributed by atoms with van der Waals surface area (Å²) in [5.74, 6) is 0.724. The third-order valence-electron chi connectivity index (χ3n) is 5.65. The summed E-state index contributed by atoms with van der Waals surface area (Å²) in [5.41, 5.74) is 0.958. The molecule has 5 nitrogen and oxygen atoms in total. The molecule has 1 unspecified atom stereocenters. The molecule has 2 aliphatic rings. The number of carbonyl (C=O) groups is 1. The fraction of sp³-hybridized carbons (Fsp3) is 0.778. The zero-order valence-corrected chi connectivity index (χ0v) is 16.2. The molecule has 24 heavy (non-hydrogen) atoms. The van der Waals surface area contributed by atoms with Crippen LogP contribution in [0.15, 0.2) is 5.38 Å². The van der Waals surface area contributed by atoms with Crippen molar-refractivity contribution in [2.45, 2.75) is 46.1 Å². The van der Waals surface area contributed by atoms with Gasteiger partial charge in [0.05, 0.1) is 0 Å². The van der Waals surface area contributed by atoms with Crippen molar-refractivity contribution >= 4 is 22.4 Å². The predicted octanol–water partition coefficient (Wildman–Crippen LogP) is 2.84. The van der Waals surface area contributed by atoms with Crippen LogP contribution in [-0.2, 0) is 0 Å². The number of hydrogen-bond donors (Lipinski definition) is 1. The van der Waals surface area contributed by atoms with Gasteiger partial charge in [-0.3, -0.25) is 9.69 Å². The first-order valence-electron chi connectivity index (χ1n) is 9.05. The molecule has 1 amide bonds. The molecule has 134 valence electrons. The summed E-state index contributed by atoms with van der Waals surface area (Å²) in [6.07, 6.45) is 3.74. The molecule has 0 aromatic carbocycles. The normalized spacial score (nSPS) is 23.7. The average Bonchev–Trinajstić information content (AvgIpc) is 3.23. The Kier molecular flexibility index (Phi) is 5.16. The van der Waals surface area contributed by atoms with E-state index in [9.17, 15) is 4.79 Å². The molecule has 3 rings (SSSR count). The van der Waals surface area contributed by atoms with Crippen molar-refractivity contribution in [3.8, 4) is 0 Å². The minimum absolute atomic E-state index is 0.0994. The summed E-state index contributed by atoms with van der Waals surface area (Å²) < 4.78 is 0. The predicted molar refractivity (Wildman–Crippen MR) is 99.9 cm³/mol. The van der Waals surface area contributed by atoms with E-state index in [0.29, 0.717) is 17.2 Å². The van der Waals surface area contributed by atoms with Gasteiger partial charge in [0.1, 0.15) is 5.69 Å². The molecule has 0 aliphatic carbocycles. The zero-order valence-electron chi connectivity index (χ0n) is 15.3. The van der Waals surface area contributed by atoms with E-state index in [1.54, 1.807) is 18.4 Å². The molecule has 3 heterocycles. The third-order valence-corrected chi connectivity index (χ3v) is 6.55. The molecule has 0 spiro atoms. The van der Waals surface area contributed by atoms with Crippen molar-refractivity contribution in [2.75, 3.05) is 38.1 Å². The Hall–Kier alpha value is -1.14. The Bertz CT molecular complexity index is 572. The maximum atomic E-state index is 11.7. The Morgan fingerprint density at radius 2 is 1.96 bits per heavy atom. The second-order valence-electron chi connectivity index (χ2n) is 8.16. The molecule has 1 atom stereocenters. The van der Waals surface area contributed by atoms with Crippen LogP contribution in [0.5, 0.6) is 0 Å². The van der Waals surface area contributed by atoms with E-state index in [1.165, 1.54) is 32.4 Å². The summed E-state index contributed by atoms with van der Waals surface area (Å²) >= 11 is 1.58. The summed E-state index contributed by atoms with van der Waals surface area (Å²) in [6.45, 7) is 11.7. The average molecular weight is 351 g/mol. The van der Waals surface area contributed by atoms with Gasteiger partial charge >= 0.3 is 0 Å². The van der Waals surface area contributed by atoms with E-state index in [2.05, 4.69) is 40.9 Å². The minimum Gasteiger partial charge on any atom is -0.354 e. The van der Waals surface area contributed by atoms with Crippen molar-refractivity contribution < 1.29 is 4.79 Å². The lowest BCUT2D eigenvalue weighted by atomic mass is 9.80. The Balaban J connectivity index is 1.53. The van der Waals surface area contributed by atoms with E-state index >= 15 is 0 Å². The second kappa shape index (κ2) is 7.00. The SMILES string of the molecule is CNC(=O)c1csc(N2CCC(N3CCC(C(C)(C)C)C3)CC2)n1. The molecular weight excluding hydrogens is 320 g/mol. The summed E-state index contributed by atoms with van der Waals surface area (Å²) in [4.78, 5) is 21.2. The number of amides is 1. The van der Waals surface area contributed by atoms with Gasteiger partial charge < -0.3 is 10.2 Å². The number of likely N-dealkylation sites (tertiary alicyclic amines) is 1. The van der Waals surface area contributed by atoms with Gasteiger partial charge in [-0.2, -0.15) is 0 Å². The minimum atomic E-state index is -0.0994. The van der Waals surface area contributed by atoms with Crippen LogP contribution in [-0.4, -0.2) is 55.1 Å². The molecule has 2 saturated heterocycles. The summed E-state index contributed by atoms with van der Waals surface area (Å²) in [5, 5.41) is 5.48. The van der Waals surface area contributed by atoms with Gasteiger partial charge in [0.2, 0.25) is 0 Å². The molecule has 1 aromatic heterocycles. The number of nitrogens with zero attached hydrogens (tertiary/aromatic N) is 3. The molecule has 0 radical (unpaired) electrons. The van der Waals surface area contributed by atoms with Crippen molar-refractivity contribution in [1.29, 1.82) is 0 Å². The molecule has 1 N–H and O–H groups in total. The number of piperidine rings is 1. The lowest BCUT2D eigenvalue weighted by Gasteiger charge is -2.37. The number of aromatic nitrogens is 1. The first-order chi connectivity index (χ1) is 11.4.